The zero-order valence-electron chi connectivity index (χ0n) is 11.1. The van der Waals surface area contributed by atoms with Gasteiger partial charge in [-0.25, -0.2) is 0 Å². The van der Waals surface area contributed by atoms with Crippen LogP contribution < -0.4 is 16.0 Å². The molecule has 102 valence electrons. The number of anilines is 1. The molecule has 2 rings (SSSR count). The van der Waals surface area contributed by atoms with Crippen molar-refractivity contribution in [2.24, 2.45) is 0 Å². The molecule has 0 fully saturated rings. The van der Waals surface area contributed by atoms with E-state index in [0.717, 1.165) is 12.8 Å². The first-order chi connectivity index (χ1) is 9.10. The molecule has 0 aliphatic carbocycles. The Bertz CT molecular complexity index is 662. The Balaban J connectivity index is 2.81. The predicted octanol–water partition coefficient (Wildman–Crippen LogP) is 2.10. The van der Waals surface area contributed by atoms with Gasteiger partial charge in [0.05, 0.1) is 12.6 Å². The van der Waals surface area contributed by atoms with Crippen molar-refractivity contribution in [3.63, 3.8) is 0 Å². The number of nitrogen functional groups attached to an aromatic ring is 1. The van der Waals surface area contributed by atoms with E-state index in [1.54, 1.807) is 22.8 Å². The molecule has 0 saturated heterocycles. The van der Waals surface area contributed by atoms with E-state index in [0.29, 0.717) is 23.1 Å². The minimum absolute atomic E-state index is 0.0200. The van der Waals surface area contributed by atoms with E-state index in [9.17, 15) is 9.90 Å². The quantitative estimate of drug-likeness (QED) is 0.827. The summed E-state index contributed by atoms with van der Waals surface area (Å²) in [6, 6.07) is 5.09. The van der Waals surface area contributed by atoms with Gasteiger partial charge in [-0.15, -0.1) is 0 Å². The molecule has 0 saturated carbocycles. The van der Waals surface area contributed by atoms with Crippen molar-refractivity contribution in [3.8, 4) is 11.5 Å². The van der Waals surface area contributed by atoms with Crippen LogP contribution in [0.15, 0.2) is 23.0 Å². The van der Waals surface area contributed by atoms with Crippen molar-refractivity contribution in [3.05, 3.63) is 28.6 Å². The summed E-state index contributed by atoms with van der Waals surface area (Å²) in [6.07, 6.45) is 1.84. The first kappa shape index (κ1) is 13.3. The highest BCUT2D eigenvalue weighted by Gasteiger charge is 2.16. The summed E-state index contributed by atoms with van der Waals surface area (Å²) < 4.78 is 6.63. The smallest absolute Gasteiger partial charge is 0.297 e. The fourth-order valence-electron chi connectivity index (χ4n) is 2.15. The molecule has 2 aromatic rings. The van der Waals surface area contributed by atoms with Gasteiger partial charge in [0.2, 0.25) is 5.75 Å². The van der Waals surface area contributed by atoms with Crippen LogP contribution in [0.4, 0.5) is 5.69 Å². The van der Waals surface area contributed by atoms with Crippen LogP contribution in [0.5, 0.6) is 11.5 Å². The predicted molar refractivity (Wildman–Crippen MR) is 75.7 cm³/mol. The van der Waals surface area contributed by atoms with E-state index in [2.05, 4.69) is 6.92 Å². The first-order valence-electron chi connectivity index (χ1n) is 6.29. The average molecular weight is 262 g/mol. The summed E-state index contributed by atoms with van der Waals surface area (Å²) in [6.45, 7) is 2.63. The number of hydrogen-bond donors (Lipinski definition) is 2. The lowest BCUT2D eigenvalue weighted by Crippen LogP contribution is -2.22. The summed E-state index contributed by atoms with van der Waals surface area (Å²) in [7, 11) is 1.38. The van der Waals surface area contributed by atoms with Crippen molar-refractivity contribution >= 4 is 16.6 Å². The molecule has 0 atom stereocenters. The van der Waals surface area contributed by atoms with E-state index in [4.69, 9.17) is 10.5 Å². The summed E-state index contributed by atoms with van der Waals surface area (Å²) in [5, 5.41) is 10.7. The van der Waals surface area contributed by atoms with E-state index in [-0.39, 0.29) is 17.1 Å². The number of unbranched alkanes of at least 4 members (excludes halogenated alkanes) is 1. The third-order valence-corrected chi connectivity index (χ3v) is 3.16. The Hall–Kier alpha value is -2.17. The number of ether oxygens (including phenoxy) is 1. The lowest BCUT2D eigenvalue weighted by molar-refractivity contribution is 0.366. The number of methoxy groups -OCH3 is 1. The molecule has 1 aromatic carbocycles. The van der Waals surface area contributed by atoms with Crippen LogP contribution in [0.2, 0.25) is 0 Å². The fourth-order valence-corrected chi connectivity index (χ4v) is 2.15. The number of nitrogens with two attached hydrogens (primary N) is 1. The summed E-state index contributed by atoms with van der Waals surface area (Å²) in [4.78, 5) is 12.3. The number of pyridine rings is 1. The zero-order chi connectivity index (χ0) is 14.0. The Labute approximate surface area is 111 Å². The maximum Gasteiger partial charge on any atom is 0.297 e. The van der Waals surface area contributed by atoms with Gasteiger partial charge in [-0.3, -0.25) is 4.79 Å². The van der Waals surface area contributed by atoms with Crippen LogP contribution in [0, 0.1) is 0 Å². The second-order valence-corrected chi connectivity index (χ2v) is 4.47. The number of aromatic hydroxyl groups is 1. The topological polar surface area (TPSA) is 77.5 Å². The Kier molecular flexibility index (Phi) is 3.64. The Morgan fingerprint density at radius 3 is 2.79 bits per heavy atom. The highest BCUT2D eigenvalue weighted by atomic mass is 16.5. The Morgan fingerprint density at radius 2 is 2.16 bits per heavy atom. The number of hydrogen-bond acceptors (Lipinski definition) is 4. The van der Waals surface area contributed by atoms with Crippen molar-refractivity contribution in [2.45, 2.75) is 26.3 Å². The molecule has 19 heavy (non-hydrogen) atoms. The third-order valence-electron chi connectivity index (χ3n) is 3.16. The minimum atomic E-state index is -0.327. The van der Waals surface area contributed by atoms with Crippen LogP contribution in [-0.4, -0.2) is 16.8 Å². The van der Waals surface area contributed by atoms with Crippen molar-refractivity contribution < 1.29 is 9.84 Å². The number of rotatable bonds is 4. The van der Waals surface area contributed by atoms with Gasteiger partial charge < -0.3 is 20.1 Å². The SMILES string of the molecule is CCCCn1c(=O)c(OC)c(O)c2ccc(N)cc21. The van der Waals surface area contributed by atoms with Crippen molar-refractivity contribution in [1.29, 1.82) is 0 Å². The van der Waals surface area contributed by atoms with Gasteiger partial charge in [-0.2, -0.15) is 0 Å². The maximum atomic E-state index is 12.3. The standard InChI is InChI=1S/C14H18N2O3/c1-3-4-7-16-11-8-9(15)5-6-10(11)12(17)13(19-2)14(16)18/h5-6,8,17H,3-4,7,15H2,1-2H3. The fraction of sp³-hybridized carbons (Fsp3) is 0.357. The van der Waals surface area contributed by atoms with Gasteiger partial charge in [0.1, 0.15) is 0 Å². The molecule has 1 aromatic heterocycles. The summed E-state index contributed by atoms with van der Waals surface area (Å²) in [5.41, 5.74) is 6.63. The molecule has 0 aliphatic heterocycles. The molecule has 5 heteroatoms. The largest absolute Gasteiger partial charge is 0.504 e. The summed E-state index contributed by atoms with van der Waals surface area (Å²) in [5.74, 6) is -0.149. The van der Waals surface area contributed by atoms with Gasteiger partial charge in [0.15, 0.2) is 5.75 Å². The average Bonchev–Trinajstić information content (AvgIpc) is 2.39. The first-order valence-corrected chi connectivity index (χ1v) is 6.29. The number of fused-ring (bicyclic) bond motifs is 1. The van der Waals surface area contributed by atoms with Gasteiger partial charge in [0, 0.05) is 17.6 Å². The van der Waals surface area contributed by atoms with E-state index < -0.39 is 0 Å². The monoisotopic (exact) mass is 262 g/mol. The van der Waals surface area contributed by atoms with E-state index in [1.165, 1.54) is 7.11 Å². The van der Waals surface area contributed by atoms with Crippen molar-refractivity contribution in [1.82, 2.24) is 4.57 Å². The molecular formula is C14H18N2O3. The number of nitrogens with zero attached hydrogens (tertiary/aromatic N) is 1. The molecule has 0 amide bonds. The molecule has 0 aliphatic rings. The van der Waals surface area contributed by atoms with Gasteiger partial charge >= 0.3 is 0 Å². The lowest BCUT2D eigenvalue weighted by Gasteiger charge is -2.14. The minimum Gasteiger partial charge on any atom is -0.504 e. The molecule has 3 N–H and O–H groups in total. The number of aryl methyl sites for hydroxylation is 1. The number of aromatic nitrogens is 1. The lowest BCUT2D eigenvalue weighted by atomic mass is 10.1. The number of benzene rings is 1. The molecule has 1 heterocycles. The molecule has 0 unspecified atom stereocenters. The molecule has 0 radical (unpaired) electrons. The Morgan fingerprint density at radius 1 is 1.42 bits per heavy atom. The van der Waals surface area contributed by atoms with E-state index >= 15 is 0 Å². The third kappa shape index (κ3) is 2.23. The second kappa shape index (κ2) is 5.22. The van der Waals surface area contributed by atoms with Gasteiger partial charge in [0.25, 0.3) is 5.56 Å². The molecule has 5 nitrogen and oxygen atoms in total. The highest BCUT2D eigenvalue weighted by molar-refractivity contribution is 5.89. The molecular weight excluding hydrogens is 244 g/mol. The normalized spacial score (nSPS) is 10.8. The van der Waals surface area contributed by atoms with Crippen LogP contribution in [0.25, 0.3) is 10.9 Å². The van der Waals surface area contributed by atoms with E-state index in [1.807, 2.05) is 0 Å². The second-order valence-electron chi connectivity index (χ2n) is 4.47. The molecule has 0 bridgehead atoms. The summed E-state index contributed by atoms with van der Waals surface area (Å²) >= 11 is 0. The molecule has 0 spiro atoms. The van der Waals surface area contributed by atoms with Crippen LogP contribution in [-0.2, 0) is 6.54 Å². The van der Waals surface area contributed by atoms with Gasteiger partial charge in [-0.05, 0) is 24.6 Å². The van der Waals surface area contributed by atoms with Gasteiger partial charge in [-0.1, -0.05) is 13.3 Å². The highest BCUT2D eigenvalue weighted by Crippen LogP contribution is 2.32. The van der Waals surface area contributed by atoms with Crippen molar-refractivity contribution in [2.75, 3.05) is 12.8 Å². The maximum absolute atomic E-state index is 12.3. The zero-order valence-corrected chi connectivity index (χ0v) is 11.1. The van der Waals surface area contributed by atoms with Crippen LogP contribution >= 0.6 is 0 Å². The van der Waals surface area contributed by atoms with Crippen LogP contribution in [0.3, 0.4) is 0 Å². The van der Waals surface area contributed by atoms with Crippen LogP contribution in [0.1, 0.15) is 19.8 Å².